The van der Waals surface area contributed by atoms with E-state index in [4.69, 9.17) is 9.15 Å². The van der Waals surface area contributed by atoms with Gasteiger partial charge in [-0.05, 0) is 55.8 Å². The molecule has 1 atom stereocenters. The Hall–Kier alpha value is -1.26. The monoisotopic (exact) mass is 337 g/mol. The van der Waals surface area contributed by atoms with Gasteiger partial charge in [0.05, 0.1) is 13.2 Å². The fourth-order valence-corrected chi connectivity index (χ4v) is 2.62. The van der Waals surface area contributed by atoms with Gasteiger partial charge in [-0.1, -0.05) is 22.9 Å². The van der Waals surface area contributed by atoms with Crippen molar-refractivity contribution in [3.05, 3.63) is 51.9 Å². The molecule has 1 unspecified atom stereocenters. The van der Waals surface area contributed by atoms with Crippen LogP contribution in [-0.2, 0) is 6.42 Å². The van der Waals surface area contributed by atoms with Gasteiger partial charge >= 0.3 is 0 Å². The fourth-order valence-electron chi connectivity index (χ4n) is 2.21. The minimum Gasteiger partial charge on any atom is -0.497 e. The Balaban J connectivity index is 2.23. The van der Waals surface area contributed by atoms with Crippen LogP contribution in [0, 0.1) is 6.92 Å². The van der Waals surface area contributed by atoms with E-state index in [2.05, 4.69) is 34.2 Å². The lowest BCUT2D eigenvalue weighted by Gasteiger charge is -2.17. The lowest BCUT2D eigenvalue weighted by molar-refractivity contribution is 0.400. The molecule has 2 aromatic rings. The maximum atomic E-state index is 5.76. The van der Waals surface area contributed by atoms with E-state index in [-0.39, 0.29) is 6.04 Å². The number of likely N-dealkylation sites (N-methyl/N-ethyl adjacent to an activating group) is 1. The predicted octanol–water partition coefficient (Wildman–Crippen LogP) is 4.25. The molecular weight excluding hydrogens is 318 g/mol. The molecule has 20 heavy (non-hydrogen) atoms. The van der Waals surface area contributed by atoms with Crippen molar-refractivity contribution in [1.82, 2.24) is 5.32 Å². The van der Waals surface area contributed by atoms with Crippen molar-refractivity contribution in [2.75, 3.05) is 13.7 Å². The molecule has 0 aliphatic heterocycles. The summed E-state index contributed by atoms with van der Waals surface area (Å²) in [6.07, 6.45) is 0.846. The number of nitrogens with one attached hydrogen (secondary N) is 1. The van der Waals surface area contributed by atoms with Gasteiger partial charge < -0.3 is 14.5 Å². The average Bonchev–Trinajstić information content (AvgIpc) is 2.87. The molecule has 2 rings (SSSR count). The number of benzene rings is 1. The van der Waals surface area contributed by atoms with E-state index in [1.165, 1.54) is 5.56 Å². The van der Waals surface area contributed by atoms with Gasteiger partial charge in [0.15, 0.2) is 0 Å². The second-order valence-corrected chi connectivity index (χ2v) is 5.57. The summed E-state index contributed by atoms with van der Waals surface area (Å²) in [5.41, 5.74) is 1.20. The van der Waals surface area contributed by atoms with Crippen LogP contribution in [0.1, 0.15) is 30.0 Å². The van der Waals surface area contributed by atoms with E-state index in [1.807, 2.05) is 31.2 Å². The Morgan fingerprint density at radius 2 is 2.10 bits per heavy atom. The summed E-state index contributed by atoms with van der Waals surface area (Å²) >= 11 is 3.60. The first-order valence-electron chi connectivity index (χ1n) is 6.76. The highest BCUT2D eigenvalue weighted by Gasteiger charge is 2.16. The van der Waals surface area contributed by atoms with Gasteiger partial charge in [0.1, 0.15) is 17.3 Å². The van der Waals surface area contributed by atoms with Gasteiger partial charge in [0.2, 0.25) is 0 Å². The highest BCUT2D eigenvalue weighted by atomic mass is 79.9. The highest BCUT2D eigenvalue weighted by molar-refractivity contribution is 9.10. The summed E-state index contributed by atoms with van der Waals surface area (Å²) in [6.45, 7) is 4.96. The molecule has 3 nitrogen and oxygen atoms in total. The molecule has 0 aliphatic carbocycles. The average molecular weight is 338 g/mol. The minimum atomic E-state index is 0.164. The third-order valence-corrected chi connectivity index (χ3v) is 4.01. The van der Waals surface area contributed by atoms with Crippen LogP contribution in [0.3, 0.4) is 0 Å². The lowest BCUT2D eigenvalue weighted by atomic mass is 10.0. The molecule has 1 aromatic heterocycles. The van der Waals surface area contributed by atoms with Crippen molar-refractivity contribution in [3.8, 4) is 5.75 Å². The SMILES string of the molecule is CCNC(Cc1cc(OC)ccc1Br)c1ccc(C)o1. The fraction of sp³-hybridized carbons (Fsp3) is 0.375. The molecule has 1 heterocycles. The zero-order chi connectivity index (χ0) is 14.5. The van der Waals surface area contributed by atoms with Crippen LogP contribution in [0.4, 0.5) is 0 Å². The molecule has 0 radical (unpaired) electrons. The maximum Gasteiger partial charge on any atom is 0.121 e. The molecule has 0 aliphatic rings. The van der Waals surface area contributed by atoms with Crippen LogP contribution >= 0.6 is 15.9 Å². The topological polar surface area (TPSA) is 34.4 Å². The van der Waals surface area contributed by atoms with Gasteiger partial charge in [-0.25, -0.2) is 0 Å². The molecule has 108 valence electrons. The molecule has 1 aromatic carbocycles. The summed E-state index contributed by atoms with van der Waals surface area (Å²) < 4.78 is 12.1. The number of methoxy groups -OCH3 is 1. The van der Waals surface area contributed by atoms with Crippen LogP contribution in [0.5, 0.6) is 5.75 Å². The van der Waals surface area contributed by atoms with Crippen LogP contribution in [-0.4, -0.2) is 13.7 Å². The van der Waals surface area contributed by atoms with Crippen molar-refractivity contribution >= 4 is 15.9 Å². The van der Waals surface area contributed by atoms with Crippen molar-refractivity contribution in [2.24, 2.45) is 0 Å². The van der Waals surface area contributed by atoms with Gasteiger partial charge in [-0.2, -0.15) is 0 Å². The van der Waals surface area contributed by atoms with Gasteiger partial charge in [-0.15, -0.1) is 0 Å². The normalized spacial score (nSPS) is 12.4. The van der Waals surface area contributed by atoms with E-state index in [0.717, 1.165) is 34.7 Å². The summed E-state index contributed by atoms with van der Waals surface area (Å²) in [5, 5.41) is 3.47. The molecule has 0 spiro atoms. The van der Waals surface area contributed by atoms with E-state index in [1.54, 1.807) is 7.11 Å². The third kappa shape index (κ3) is 3.64. The quantitative estimate of drug-likeness (QED) is 0.855. The predicted molar refractivity (Wildman–Crippen MR) is 84.3 cm³/mol. The molecular formula is C16H20BrNO2. The van der Waals surface area contributed by atoms with E-state index < -0.39 is 0 Å². The van der Waals surface area contributed by atoms with E-state index in [0.29, 0.717) is 0 Å². The Kier molecular flexibility index (Phi) is 5.26. The second kappa shape index (κ2) is 6.95. The summed E-state index contributed by atoms with van der Waals surface area (Å²) in [4.78, 5) is 0. The number of halogens is 1. The van der Waals surface area contributed by atoms with Crippen molar-refractivity contribution in [1.29, 1.82) is 0 Å². The standard InChI is InChI=1S/C16H20BrNO2/c1-4-18-15(16-8-5-11(2)20-16)10-12-9-13(19-3)6-7-14(12)17/h5-9,15,18H,4,10H2,1-3H3. The summed E-state index contributed by atoms with van der Waals surface area (Å²) in [7, 11) is 1.69. The molecule has 4 heteroatoms. The largest absolute Gasteiger partial charge is 0.497 e. The number of hydrogen-bond donors (Lipinski definition) is 1. The zero-order valence-corrected chi connectivity index (χ0v) is 13.7. The Morgan fingerprint density at radius 1 is 1.30 bits per heavy atom. The van der Waals surface area contributed by atoms with Crippen LogP contribution in [0.2, 0.25) is 0 Å². The molecule has 1 N–H and O–H groups in total. The number of ether oxygens (including phenoxy) is 1. The van der Waals surface area contributed by atoms with Crippen LogP contribution < -0.4 is 10.1 Å². The van der Waals surface area contributed by atoms with Crippen LogP contribution in [0.15, 0.2) is 39.2 Å². The Labute approximate surface area is 128 Å². The summed E-state index contributed by atoms with van der Waals surface area (Å²) in [5.74, 6) is 2.78. The highest BCUT2D eigenvalue weighted by Crippen LogP contribution is 2.28. The number of rotatable bonds is 6. The molecule has 0 bridgehead atoms. The van der Waals surface area contributed by atoms with Gasteiger partial charge in [-0.3, -0.25) is 0 Å². The molecule has 0 saturated heterocycles. The third-order valence-electron chi connectivity index (χ3n) is 3.23. The molecule has 0 fully saturated rings. The van der Waals surface area contributed by atoms with Gasteiger partial charge in [0.25, 0.3) is 0 Å². The van der Waals surface area contributed by atoms with E-state index in [9.17, 15) is 0 Å². The van der Waals surface area contributed by atoms with Crippen molar-refractivity contribution < 1.29 is 9.15 Å². The smallest absolute Gasteiger partial charge is 0.121 e. The first-order chi connectivity index (χ1) is 9.63. The lowest BCUT2D eigenvalue weighted by Crippen LogP contribution is -2.22. The second-order valence-electron chi connectivity index (χ2n) is 4.72. The summed E-state index contributed by atoms with van der Waals surface area (Å²) in [6, 6.07) is 10.2. The minimum absolute atomic E-state index is 0.164. The molecule has 0 saturated carbocycles. The zero-order valence-electron chi connectivity index (χ0n) is 12.1. The molecule has 0 amide bonds. The Morgan fingerprint density at radius 3 is 2.70 bits per heavy atom. The number of furan rings is 1. The van der Waals surface area contributed by atoms with Crippen molar-refractivity contribution in [2.45, 2.75) is 26.3 Å². The Bertz CT molecular complexity index is 565. The maximum absolute atomic E-state index is 5.76. The van der Waals surface area contributed by atoms with E-state index >= 15 is 0 Å². The first kappa shape index (κ1) is 15.1. The first-order valence-corrected chi connectivity index (χ1v) is 7.55. The van der Waals surface area contributed by atoms with Gasteiger partial charge in [0, 0.05) is 4.47 Å². The number of hydrogen-bond acceptors (Lipinski definition) is 3. The van der Waals surface area contributed by atoms with Crippen molar-refractivity contribution in [3.63, 3.8) is 0 Å². The number of aryl methyl sites for hydroxylation is 1. The van der Waals surface area contributed by atoms with Crippen LogP contribution in [0.25, 0.3) is 0 Å².